The molecule has 0 unspecified atom stereocenters. The maximum atomic E-state index is 11.2. The van der Waals surface area contributed by atoms with Crippen molar-refractivity contribution in [2.75, 3.05) is 6.26 Å². The quantitative estimate of drug-likeness (QED) is 0.502. The molecule has 146 valence electrons. The Kier molecular flexibility index (Phi) is 6.68. The largest absolute Gasteiger partial charge is 0.485 e. The summed E-state index contributed by atoms with van der Waals surface area (Å²) in [5.41, 5.74) is 2.75. The van der Waals surface area contributed by atoms with Crippen LogP contribution >= 0.6 is 0 Å². The van der Waals surface area contributed by atoms with Gasteiger partial charge in [-0.3, -0.25) is 4.18 Å². The van der Waals surface area contributed by atoms with Crippen LogP contribution in [0.5, 0.6) is 11.5 Å². The summed E-state index contributed by atoms with van der Waals surface area (Å²) in [5, 5.41) is 0. The Bertz CT molecular complexity index is 986. The molecule has 0 aliphatic heterocycles. The van der Waals surface area contributed by atoms with Crippen LogP contribution in [-0.4, -0.2) is 14.7 Å². The lowest BCUT2D eigenvalue weighted by molar-refractivity contribution is 0.254. The molecule has 0 aliphatic carbocycles. The lowest BCUT2D eigenvalue weighted by Gasteiger charge is -2.14. The van der Waals surface area contributed by atoms with E-state index in [0.29, 0.717) is 30.3 Å². The molecule has 0 aromatic heterocycles. The fourth-order valence-corrected chi connectivity index (χ4v) is 2.87. The van der Waals surface area contributed by atoms with Gasteiger partial charge in [0.2, 0.25) is 0 Å². The van der Waals surface area contributed by atoms with Gasteiger partial charge in [0.15, 0.2) is 11.5 Å². The van der Waals surface area contributed by atoms with Gasteiger partial charge < -0.3 is 9.47 Å². The van der Waals surface area contributed by atoms with Crippen molar-refractivity contribution in [2.45, 2.75) is 19.8 Å². The van der Waals surface area contributed by atoms with Gasteiger partial charge in [-0.2, -0.15) is 8.42 Å². The van der Waals surface area contributed by atoms with Gasteiger partial charge >= 0.3 is 0 Å². The van der Waals surface area contributed by atoms with Gasteiger partial charge in [-0.15, -0.1) is 0 Å². The monoisotopic (exact) mass is 398 g/mol. The number of hydrogen-bond acceptors (Lipinski definition) is 5. The molecule has 0 bridgehead atoms. The molecule has 0 N–H and O–H groups in total. The standard InChI is InChI=1S/C22H22O5S/c1-28(23,24)27-17-20-12-13-21(25-15-18-8-4-2-5-9-18)22(14-20)26-16-19-10-6-3-7-11-19/h2-14H,15-17H2,1H3. The molecule has 28 heavy (non-hydrogen) atoms. The van der Waals surface area contributed by atoms with Gasteiger partial charge in [-0.1, -0.05) is 66.7 Å². The third kappa shape index (κ3) is 6.40. The topological polar surface area (TPSA) is 61.8 Å². The number of ether oxygens (including phenoxy) is 2. The van der Waals surface area contributed by atoms with Crippen LogP contribution in [0.4, 0.5) is 0 Å². The first-order chi connectivity index (χ1) is 13.5. The van der Waals surface area contributed by atoms with Gasteiger partial charge in [0, 0.05) is 0 Å². The molecule has 3 aromatic carbocycles. The molecule has 3 rings (SSSR count). The molecule has 3 aromatic rings. The summed E-state index contributed by atoms with van der Waals surface area (Å²) >= 11 is 0. The van der Waals surface area contributed by atoms with Crippen LogP contribution in [0.1, 0.15) is 16.7 Å². The third-order valence-corrected chi connectivity index (χ3v) is 4.47. The molecule has 0 saturated carbocycles. The van der Waals surface area contributed by atoms with E-state index in [9.17, 15) is 8.42 Å². The first kappa shape index (κ1) is 19.9. The lowest BCUT2D eigenvalue weighted by atomic mass is 10.2. The van der Waals surface area contributed by atoms with E-state index in [1.807, 2.05) is 60.7 Å². The molecule has 0 aliphatic rings. The van der Waals surface area contributed by atoms with Crippen LogP contribution in [-0.2, 0) is 34.1 Å². The van der Waals surface area contributed by atoms with E-state index in [0.717, 1.165) is 17.4 Å². The second-order valence-electron chi connectivity index (χ2n) is 6.30. The average Bonchev–Trinajstić information content (AvgIpc) is 2.71. The van der Waals surface area contributed by atoms with E-state index in [4.69, 9.17) is 13.7 Å². The summed E-state index contributed by atoms with van der Waals surface area (Å²) in [7, 11) is -3.52. The van der Waals surface area contributed by atoms with Crippen LogP contribution in [0.3, 0.4) is 0 Å². The number of benzene rings is 3. The van der Waals surface area contributed by atoms with Crippen molar-refractivity contribution >= 4 is 10.1 Å². The fraction of sp³-hybridized carbons (Fsp3) is 0.182. The van der Waals surface area contributed by atoms with Gasteiger partial charge in [0.1, 0.15) is 13.2 Å². The molecule has 0 radical (unpaired) electrons. The maximum Gasteiger partial charge on any atom is 0.264 e. The van der Waals surface area contributed by atoms with Crippen molar-refractivity contribution in [1.82, 2.24) is 0 Å². The van der Waals surface area contributed by atoms with Crippen molar-refractivity contribution < 1.29 is 22.1 Å². The van der Waals surface area contributed by atoms with Crippen molar-refractivity contribution in [2.24, 2.45) is 0 Å². The number of rotatable bonds is 9. The van der Waals surface area contributed by atoms with Gasteiger partial charge in [-0.25, -0.2) is 0 Å². The van der Waals surface area contributed by atoms with Gasteiger partial charge in [0.25, 0.3) is 10.1 Å². The zero-order valence-electron chi connectivity index (χ0n) is 15.6. The summed E-state index contributed by atoms with van der Waals surface area (Å²) in [5.74, 6) is 1.12. The zero-order valence-corrected chi connectivity index (χ0v) is 16.4. The molecular weight excluding hydrogens is 376 g/mol. The summed E-state index contributed by atoms with van der Waals surface area (Å²) in [6.07, 6.45) is 1.02. The van der Waals surface area contributed by atoms with E-state index in [1.165, 1.54) is 0 Å². The van der Waals surface area contributed by atoms with E-state index in [1.54, 1.807) is 18.2 Å². The predicted molar refractivity (Wildman–Crippen MR) is 108 cm³/mol. The average molecular weight is 398 g/mol. The molecule has 0 fully saturated rings. The summed E-state index contributed by atoms with van der Waals surface area (Å²) in [6.45, 7) is 0.722. The number of hydrogen-bond donors (Lipinski definition) is 0. The minimum absolute atomic E-state index is 0.0561. The van der Waals surface area contributed by atoms with Crippen LogP contribution in [0.15, 0.2) is 78.9 Å². The first-order valence-electron chi connectivity index (χ1n) is 8.80. The molecule has 0 saturated heterocycles. The fourth-order valence-electron chi connectivity index (χ4n) is 2.52. The van der Waals surface area contributed by atoms with Gasteiger partial charge in [-0.05, 0) is 28.8 Å². The van der Waals surface area contributed by atoms with Crippen molar-refractivity contribution in [1.29, 1.82) is 0 Å². The maximum absolute atomic E-state index is 11.2. The summed E-state index contributed by atoms with van der Waals surface area (Å²) < 4.78 is 39.3. The molecular formula is C22H22O5S. The SMILES string of the molecule is CS(=O)(=O)OCc1ccc(OCc2ccccc2)c(OCc2ccccc2)c1. The van der Waals surface area contributed by atoms with E-state index in [-0.39, 0.29) is 6.61 Å². The summed E-state index contributed by atoms with van der Waals surface area (Å²) in [6, 6.07) is 24.9. The highest BCUT2D eigenvalue weighted by molar-refractivity contribution is 7.85. The molecule has 0 heterocycles. The van der Waals surface area contributed by atoms with Crippen molar-refractivity contribution in [3.63, 3.8) is 0 Å². The Hall–Kier alpha value is -2.83. The second-order valence-corrected chi connectivity index (χ2v) is 7.94. The Morgan fingerprint density at radius 2 is 1.18 bits per heavy atom. The van der Waals surface area contributed by atoms with Crippen LogP contribution in [0.25, 0.3) is 0 Å². The molecule has 0 amide bonds. The van der Waals surface area contributed by atoms with E-state index in [2.05, 4.69) is 0 Å². The Labute approximate surface area is 165 Å². The highest BCUT2D eigenvalue weighted by atomic mass is 32.2. The Balaban J connectivity index is 1.75. The summed E-state index contributed by atoms with van der Waals surface area (Å²) in [4.78, 5) is 0. The van der Waals surface area contributed by atoms with E-state index >= 15 is 0 Å². The van der Waals surface area contributed by atoms with Crippen molar-refractivity contribution in [3.8, 4) is 11.5 Å². The Morgan fingerprint density at radius 3 is 1.71 bits per heavy atom. The highest BCUT2D eigenvalue weighted by Crippen LogP contribution is 2.30. The van der Waals surface area contributed by atoms with E-state index < -0.39 is 10.1 Å². The van der Waals surface area contributed by atoms with Gasteiger partial charge in [0.05, 0.1) is 12.9 Å². The van der Waals surface area contributed by atoms with Crippen LogP contribution < -0.4 is 9.47 Å². The minimum Gasteiger partial charge on any atom is -0.485 e. The van der Waals surface area contributed by atoms with Crippen LogP contribution in [0.2, 0.25) is 0 Å². The molecule has 0 spiro atoms. The van der Waals surface area contributed by atoms with Crippen molar-refractivity contribution in [3.05, 3.63) is 95.6 Å². The Morgan fingerprint density at radius 1 is 0.643 bits per heavy atom. The minimum atomic E-state index is -3.52. The smallest absolute Gasteiger partial charge is 0.264 e. The predicted octanol–water partition coefficient (Wildman–Crippen LogP) is 4.32. The zero-order chi connectivity index (χ0) is 19.8. The first-order valence-corrected chi connectivity index (χ1v) is 10.6. The molecule has 5 nitrogen and oxygen atoms in total. The van der Waals surface area contributed by atoms with Crippen LogP contribution in [0, 0.1) is 0 Å². The molecule has 0 atom stereocenters. The second kappa shape index (κ2) is 9.39. The lowest BCUT2D eigenvalue weighted by Crippen LogP contribution is -2.04. The molecule has 6 heteroatoms. The highest BCUT2D eigenvalue weighted by Gasteiger charge is 2.10. The normalized spacial score (nSPS) is 11.2. The third-order valence-electron chi connectivity index (χ3n) is 3.92.